The van der Waals surface area contributed by atoms with Crippen LogP contribution in [-0.4, -0.2) is 82.9 Å². The number of nitrogens with zero attached hydrogens (tertiary/aromatic N) is 6. The predicted octanol–water partition coefficient (Wildman–Crippen LogP) is 4.28. The topological polar surface area (TPSA) is 115 Å². The number of likely N-dealkylation sites (N-methyl/N-ethyl adjacent to an activating group) is 1. The summed E-state index contributed by atoms with van der Waals surface area (Å²) in [6.45, 7) is 2.64. The molecule has 1 spiro atoms. The molecule has 1 aliphatic carbocycles. The molecule has 1 amide bonds. The number of piperazine rings is 1. The SMILES string of the molecule is CN1CCC[C@H]1COc1nc2c(c(N3CCN(C(=O)O)[C@@H](CC#N)C3)n1)CCC1(O2)c2ccccc2-c2ccccc21. The number of fused-ring (bicyclic) bond motifs is 6. The number of likely N-dealkylation sites (tertiary alicyclic amines) is 1. The molecule has 3 aliphatic heterocycles. The number of carboxylic acid groups (broad SMARTS) is 1. The van der Waals surface area contributed by atoms with Gasteiger partial charge in [-0.1, -0.05) is 48.5 Å². The minimum absolute atomic E-state index is 0.112. The number of amides is 1. The van der Waals surface area contributed by atoms with Gasteiger partial charge in [0.15, 0.2) is 5.60 Å². The molecule has 3 aromatic rings. The molecule has 2 saturated heterocycles. The Hall–Kier alpha value is -4.36. The van der Waals surface area contributed by atoms with Gasteiger partial charge in [0, 0.05) is 43.2 Å². The van der Waals surface area contributed by atoms with E-state index in [1.54, 1.807) is 0 Å². The summed E-state index contributed by atoms with van der Waals surface area (Å²) in [6, 6.07) is 19.1. The zero-order valence-corrected chi connectivity index (χ0v) is 23.7. The summed E-state index contributed by atoms with van der Waals surface area (Å²) in [6.07, 6.45) is 2.71. The standard InChI is InChI=1S/C32H34N6O4/c1-36-16-6-7-22(36)20-41-30-34-28(37-17-18-38(31(39)40)21(19-37)13-15-33)25-12-14-32(42-29(25)35-30)26-10-4-2-8-23(26)24-9-3-5-11-27(24)32/h2-5,8-11,21-22H,6-7,12-14,16-20H2,1H3,(H,39,40)/t21-,22-/m0/s1. The Bertz CT molecular complexity index is 1530. The van der Waals surface area contributed by atoms with Crippen molar-refractivity contribution in [2.75, 3.05) is 44.7 Å². The van der Waals surface area contributed by atoms with E-state index in [0.29, 0.717) is 50.3 Å². The van der Waals surface area contributed by atoms with Gasteiger partial charge in [0.1, 0.15) is 12.4 Å². The second kappa shape index (κ2) is 10.5. The first kappa shape index (κ1) is 26.5. The Morgan fingerprint density at radius 2 is 1.83 bits per heavy atom. The maximum absolute atomic E-state index is 11.9. The van der Waals surface area contributed by atoms with E-state index < -0.39 is 17.7 Å². The number of ether oxygens (including phenoxy) is 2. The third kappa shape index (κ3) is 4.31. The molecule has 1 aromatic heterocycles. The van der Waals surface area contributed by atoms with E-state index in [2.05, 4.69) is 71.4 Å². The lowest BCUT2D eigenvalue weighted by Crippen LogP contribution is -2.55. The van der Waals surface area contributed by atoms with Crippen LogP contribution >= 0.6 is 0 Å². The van der Waals surface area contributed by atoms with Crippen LogP contribution in [0.4, 0.5) is 10.6 Å². The first-order valence-electron chi connectivity index (χ1n) is 14.7. The Kier molecular flexibility index (Phi) is 6.62. The van der Waals surface area contributed by atoms with E-state index >= 15 is 0 Å². The van der Waals surface area contributed by atoms with Gasteiger partial charge >= 0.3 is 12.1 Å². The normalized spacial score (nSPS) is 22.2. The van der Waals surface area contributed by atoms with Gasteiger partial charge in [-0.2, -0.15) is 15.2 Å². The Labute approximate surface area is 245 Å². The van der Waals surface area contributed by atoms with Gasteiger partial charge in [0.25, 0.3) is 0 Å². The van der Waals surface area contributed by atoms with E-state index in [1.807, 2.05) is 0 Å². The molecule has 4 heterocycles. The summed E-state index contributed by atoms with van der Waals surface area (Å²) in [7, 11) is 2.11. The van der Waals surface area contributed by atoms with Crippen LogP contribution in [0.25, 0.3) is 11.1 Å². The highest BCUT2D eigenvalue weighted by molar-refractivity contribution is 5.80. The van der Waals surface area contributed by atoms with E-state index in [0.717, 1.165) is 36.1 Å². The quantitative estimate of drug-likeness (QED) is 0.483. The van der Waals surface area contributed by atoms with Crippen molar-refractivity contribution >= 4 is 11.9 Å². The van der Waals surface area contributed by atoms with Crippen molar-refractivity contribution in [2.45, 2.75) is 49.8 Å². The fourth-order valence-electron chi connectivity index (χ4n) is 7.18. The summed E-state index contributed by atoms with van der Waals surface area (Å²) >= 11 is 0. The summed E-state index contributed by atoms with van der Waals surface area (Å²) in [4.78, 5) is 27.4. The van der Waals surface area contributed by atoms with Gasteiger partial charge in [0.2, 0.25) is 5.88 Å². The molecular formula is C32H34N6O4. The van der Waals surface area contributed by atoms with Gasteiger partial charge in [-0.05, 0) is 44.0 Å². The molecule has 1 N–H and O–H groups in total. The third-order valence-corrected chi connectivity index (χ3v) is 9.37. The minimum atomic E-state index is -1.01. The van der Waals surface area contributed by atoms with E-state index in [-0.39, 0.29) is 19.0 Å². The number of hydrogen-bond acceptors (Lipinski definition) is 8. The molecule has 2 fully saturated rings. The second-order valence-corrected chi connectivity index (χ2v) is 11.7. The highest BCUT2D eigenvalue weighted by atomic mass is 16.5. The monoisotopic (exact) mass is 566 g/mol. The van der Waals surface area contributed by atoms with Gasteiger partial charge in [-0.3, -0.25) is 0 Å². The smallest absolute Gasteiger partial charge is 0.407 e. The minimum Gasteiger partial charge on any atom is -0.465 e. The fourth-order valence-corrected chi connectivity index (χ4v) is 7.18. The molecule has 42 heavy (non-hydrogen) atoms. The summed E-state index contributed by atoms with van der Waals surface area (Å²) in [5, 5.41) is 19.2. The van der Waals surface area contributed by atoms with Crippen molar-refractivity contribution in [1.29, 1.82) is 5.26 Å². The highest BCUT2D eigenvalue weighted by Gasteiger charge is 2.49. The number of aromatic nitrogens is 2. The molecule has 10 heteroatoms. The number of carbonyl (C=O) groups is 1. The molecule has 0 radical (unpaired) electrons. The van der Waals surface area contributed by atoms with Gasteiger partial charge in [-0.25, -0.2) is 4.79 Å². The van der Waals surface area contributed by atoms with Crippen LogP contribution in [0.5, 0.6) is 11.9 Å². The lowest BCUT2D eigenvalue weighted by atomic mass is 9.83. The first-order valence-corrected chi connectivity index (χ1v) is 14.7. The number of hydrogen-bond donors (Lipinski definition) is 1. The first-order chi connectivity index (χ1) is 20.5. The van der Waals surface area contributed by atoms with Gasteiger partial charge in [0.05, 0.1) is 24.1 Å². The van der Waals surface area contributed by atoms with E-state index in [4.69, 9.17) is 19.4 Å². The lowest BCUT2D eigenvalue weighted by molar-refractivity contribution is 0.0802. The zero-order chi connectivity index (χ0) is 28.8. The van der Waals surface area contributed by atoms with E-state index in [9.17, 15) is 15.2 Å². The number of rotatable bonds is 5. The number of anilines is 1. The summed E-state index contributed by atoms with van der Waals surface area (Å²) in [5.74, 6) is 1.21. The Balaban J connectivity index is 1.28. The summed E-state index contributed by atoms with van der Waals surface area (Å²) < 4.78 is 13.3. The molecule has 0 saturated carbocycles. The summed E-state index contributed by atoms with van der Waals surface area (Å²) in [5.41, 5.74) is 4.85. The number of benzene rings is 2. The van der Waals surface area contributed by atoms with Crippen molar-refractivity contribution < 1.29 is 19.4 Å². The highest BCUT2D eigenvalue weighted by Crippen LogP contribution is 2.54. The molecule has 7 rings (SSSR count). The molecule has 2 atom stereocenters. The van der Waals surface area contributed by atoms with Crippen LogP contribution in [0.1, 0.15) is 42.4 Å². The largest absolute Gasteiger partial charge is 0.465 e. The van der Waals surface area contributed by atoms with Crippen LogP contribution in [0.15, 0.2) is 48.5 Å². The molecular weight excluding hydrogens is 532 g/mol. The van der Waals surface area contributed by atoms with Crippen molar-refractivity contribution in [3.8, 4) is 29.1 Å². The van der Waals surface area contributed by atoms with E-state index in [1.165, 1.54) is 16.0 Å². The van der Waals surface area contributed by atoms with Crippen molar-refractivity contribution in [1.82, 2.24) is 19.8 Å². The molecule has 216 valence electrons. The van der Waals surface area contributed by atoms with Crippen molar-refractivity contribution in [3.05, 3.63) is 65.2 Å². The van der Waals surface area contributed by atoms with Crippen LogP contribution in [0, 0.1) is 11.3 Å². The molecule has 4 aliphatic rings. The number of nitriles is 1. The van der Waals surface area contributed by atoms with Crippen molar-refractivity contribution in [2.24, 2.45) is 0 Å². The maximum atomic E-state index is 11.9. The third-order valence-electron chi connectivity index (χ3n) is 9.37. The van der Waals surface area contributed by atoms with Crippen LogP contribution in [-0.2, 0) is 12.0 Å². The predicted molar refractivity (Wildman–Crippen MR) is 156 cm³/mol. The average Bonchev–Trinajstić information content (AvgIpc) is 3.54. The van der Waals surface area contributed by atoms with Gasteiger partial charge < -0.3 is 29.3 Å². The molecule has 0 unspecified atom stereocenters. The molecule has 10 nitrogen and oxygen atoms in total. The Morgan fingerprint density at radius 1 is 1.10 bits per heavy atom. The van der Waals surface area contributed by atoms with Crippen LogP contribution in [0.2, 0.25) is 0 Å². The average molecular weight is 567 g/mol. The van der Waals surface area contributed by atoms with Gasteiger partial charge in [-0.15, -0.1) is 0 Å². The second-order valence-electron chi connectivity index (χ2n) is 11.7. The zero-order valence-electron chi connectivity index (χ0n) is 23.7. The van der Waals surface area contributed by atoms with Crippen LogP contribution in [0.3, 0.4) is 0 Å². The van der Waals surface area contributed by atoms with Crippen LogP contribution < -0.4 is 14.4 Å². The molecule has 2 aromatic carbocycles. The Morgan fingerprint density at radius 3 is 2.50 bits per heavy atom. The maximum Gasteiger partial charge on any atom is 0.407 e. The lowest BCUT2D eigenvalue weighted by Gasteiger charge is -2.42. The fraction of sp³-hybridized carbons (Fsp3) is 0.438. The molecule has 0 bridgehead atoms. The van der Waals surface area contributed by atoms with Crippen molar-refractivity contribution in [3.63, 3.8) is 0 Å².